The number of carbonyl (C=O) groups is 1. The highest BCUT2D eigenvalue weighted by Crippen LogP contribution is 2.15. The quantitative estimate of drug-likeness (QED) is 0.713. The average molecular weight is 220 g/mol. The Morgan fingerprint density at radius 3 is 2.47 bits per heavy atom. The molecule has 1 saturated heterocycles. The zero-order valence-electron chi connectivity index (χ0n) is 9.41. The summed E-state index contributed by atoms with van der Waals surface area (Å²) in [6.07, 6.45) is -2.44. The van der Waals surface area contributed by atoms with Crippen molar-refractivity contribution in [1.29, 1.82) is 0 Å². The first-order chi connectivity index (χ1) is 6.93. The highest BCUT2D eigenvalue weighted by Gasteiger charge is 2.33. The van der Waals surface area contributed by atoms with Gasteiger partial charge in [0.25, 0.3) is 6.43 Å². The summed E-state index contributed by atoms with van der Waals surface area (Å²) in [6.45, 7) is 6.44. The van der Waals surface area contributed by atoms with Gasteiger partial charge < -0.3 is 4.90 Å². The van der Waals surface area contributed by atoms with Crippen molar-refractivity contribution >= 4 is 5.91 Å². The molecule has 3 nitrogen and oxygen atoms in total. The summed E-state index contributed by atoms with van der Waals surface area (Å²) in [5, 5.41) is 0. The third kappa shape index (κ3) is 2.87. The second-order valence-corrected chi connectivity index (χ2v) is 4.18. The average Bonchev–Trinajstić information content (AvgIpc) is 2.12. The topological polar surface area (TPSA) is 23.6 Å². The minimum absolute atomic E-state index is 0.185. The van der Waals surface area contributed by atoms with E-state index in [2.05, 4.69) is 0 Å². The molecule has 0 aliphatic carbocycles. The fraction of sp³-hybridized carbons (Fsp3) is 0.900. The van der Waals surface area contributed by atoms with Gasteiger partial charge in [0.2, 0.25) is 5.91 Å². The second kappa shape index (κ2) is 4.88. The van der Waals surface area contributed by atoms with Crippen LogP contribution in [0.2, 0.25) is 0 Å². The van der Waals surface area contributed by atoms with E-state index in [1.54, 1.807) is 6.92 Å². The Bertz CT molecular complexity index is 229. The van der Waals surface area contributed by atoms with E-state index in [1.165, 1.54) is 4.90 Å². The maximum Gasteiger partial charge on any atom is 0.255 e. The van der Waals surface area contributed by atoms with Crippen molar-refractivity contribution in [2.45, 2.75) is 39.3 Å². The lowest BCUT2D eigenvalue weighted by atomic mass is 10.1. The predicted octanol–water partition coefficient (Wildman–Crippen LogP) is 1.19. The predicted molar refractivity (Wildman–Crippen MR) is 53.9 cm³/mol. The van der Waals surface area contributed by atoms with E-state index in [1.807, 2.05) is 18.7 Å². The Hall–Kier alpha value is -0.710. The molecule has 1 aliphatic heterocycles. The van der Waals surface area contributed by atoms with Crippen LogP contribution in [0.1, 0.15) is 20.8 Å². The summed E-state index contributed by atoms with van der Waals surface area (Å²) in [5.74, 6) is -0.185. The van der Waals surface area contributed by atoms with Crippen molar-refractivity contribution in [3.63, 3.8) is 0 Å². The van der Waals surface area contributed by atoms with E-state index in [0.29, 0.717) is 13.1 Å². The van der Waals surface area contributed by atoms with Gasteiger partial charge in [-0.05, 0) is 20.8 Å². The number of rotatable bonds is 3. The zero-order valence-corrected chi connectivity index (χ0v) is 9.41. The van der Waals surface area contributed by atoms with E-state index < -0.39 is 13.0 Å². The van der Waals surface area contributed by atoms with Gasteiger partial charge in [0, 0.05) is 19.1 Å². The molecular formula is C10H18F2N2O. The first-order valence-electron chi connectivity index (χ1n) is 5.26. The van der Waals surface area contributed by atoms with Gasteiger partial charge in [0.1, 0.15) is 0 Å². The number of hydrogen-bond acceptors (Lipinski definition) is 2. The summed E-state index contributed by atoms with van der Waals surface area (Å²) in [5.41, 5.74) is 0. The van der Waals surface area contributed by atoms with Crippen molar-refractivity contribution in [3.8, 4) is 0 Å². The molecule has 15 heavy (non-hydrogen) atoms. The summed E-state index contributed by atoms with van der Waals surface area (Å²) in [7, 11) is 0. The van der Waals surface area contributed by atoms with Crippen LogP contribution < -0.4 is 0 Å². The molecule has 1 atom stereocenters. The van der Waals surface area contributed by atoms with Crippen LogP contribution in [0.4, 0.5) is 8.78 Å². The van der Waals surface area contributed by atoms with Gasteiger partial charge in [0.15, 0.2) is 0 Å². The van der Waals surface area contributed by atoms with Gasteiger partial charge in [-0.15, -0.1) is 0 Å². The molecule has 88 valence electrons. The van der Waals surface area contributed by atoms with Crippen LogP contribution in [0.25, 0.3) is 0 Å². The number of alkyl halides is 2. The number of piperazine rings is 1. The van der Waals surface area contributed by atoms with E-state index in [4.69, 9.17) is 0 Å². The van der Waals surface area contributed by atoms with Gasteiger partial charge in [-0.25, -0.2) is 8.78 Å². The second-order valence-electron chi connectivity index (χ2n) is 4.18. The van der Waals surface area contributed by atoms with Crippen molar-refractivity contribution in [3.05, 3.63) is 0 Å². The standard InChI is InChI=1S/C10H18F2N2O/c1-7(2)14-5-4-13(6-9(11)12)10(15)8(14)3/h7-9H,4-6H2,1-3H3. The SMILES string of the molecule is CC(C)N1CCN(CC(F)F)C(=O)C1C. The fourth-order valence-corrected chi connectivity index (χ4v) is 2.00. The lowest BCUT2D eigenvalue weighted by molar-refractivity contribution is -0.144. The van der Waals surface area contributed by atoms with Crippen LogP contribution in [0.5, 0.6) is 0 Å². The van der Waals surface area contributed by atoms with Crippen molar-refractivity contribution in [1.82, 2.24) is 9.80 Å². The molecule has 0 aromatic rings. The number of carbonyl (C=O) groups excluding carboxylic acids is 1. The summed E-state index contributed by atoms with van der Waals surface area (Å²) >= 11 is 0. The summed E-state index contributed by atoms with van der Waals surface area (Å²) in [4.78, 5) is 15.0. The van der Waals surface area contributed by atoms with Crippen LogP contribution in [0, 0.1) is 0 Å². The molecule has 0 aromatic carbocycles. The normalized spacial score (nSPS) is 24.3. The van der Waals surface area contributed by atoms with E-state index in [-0.39, 0.29) is 18.0 Å². The molecule has 0 radical (unpaired) electrons. The minimum atomic E-state index is -2.44. The highest BCUT2D eigenvalue weighted by molar-refractivity contribution is 5.82. The Balaban J connectivity index is 2.60. The Morgan fingerprint density at radius 2 is 2.00 bits per heavy atom. The number of halogens is 2. The van der Waals surface area contributed by atoms with Crippen molar-refractivity contribution < 1.29 is 13.6 Å². The molecule has 1 unspecified atom stereocenters. The maximum atomic E-state index is 12.2. The largest absolute Gasteiger partial charge is 0.334 e. The molecule has 5 heteroatoms. The molecular weight excluding hydrogens is 202 g/mol. The lowest BCUT2D eigenvalue weighted by Crippen LogP contribution is -2.58. The van der Waals surface area contributed by atoms with Crippen molar-refractivity contribution in [2.75, 3.05) is 19.6 Å². The van der Waals surface area contributed by atoms with Gasteiger partial charge in [-0.3, -0.25) is 9.69 Å². The number of amides is 1. The van der Waals surface area contributed by atoms with Crippen LogP contribution in [-0.2, 0) is 4.79 Å². The summed E-state index contributed by atoms with van der Waals surface area (Å²) < 4.78 is 24.3. The van der Waals surface area contributed by atoms with Crippen LogP contribution in [0.15, 0.2) is 0 Å². The van der Waals surface area contributed by atoms with E-state index in [9.17, 15) is 13.6 Å². The molecule has 1 rings (SSSR count). The van der Waals surface area contributed by atoms with Gasteiger partial charge >= 0.3 is 0 Å². The van der Waals surface area contributed by atoms with Gasteiger partial charge in [-0.1, -0.05) is 0 Å². The summed E-state index contributed by atoms with van der Waals surface area (Å²) in [6, 6.07) is -0.00449. The smallest absolute Gasteiger partial charge is 0.255 e. The molecule has 0 saturated carbocycles. The van der Waals surface area contributed by atoms with Gasteiger partial charge in [0.05, 0.1) is 12.6 Å². The Labute approximate surface area is 89.0 Å². The van der Waals surface area contributed by atoms with Crippen LogP contribution >= 0.6 is 0 Å². The first kappa shape index (κ1) is 12.4. The third-order valence-electron chi connectivity index (χ3n) is 2.82. The zero-order chi connectivity index (χ0) is 11.6. The maximum absolute atomic E-state index is 12.2. The molecule has 1 amide bonds. The third-order valence-corrected chi connectivity index (χ3v) is 2.82. The monoisotopic (exact) mass is 220 g/mol. The molecule has 1 aliphatic rings. The molecule has 0 bridgehead atoms. The molecule has 1 heterocycles. The molecule has 0 N–H and O–H groups in total. The lowest BCUT2D eigenvalue weighted by Gasteiger charge is -2.41. The fourth-order valence-electron chi connectivity index (χ4n) is 2.00. The number of hydrogen-bond donors (Lipinski definition) is 0. The minimum Gasteiger partial charge on any atom is -0.334 e. The van der Waals surface area contributed by atoms with Gasteiger partial charge in [-0.2, -0.15) is 0 Å². The molecule has 0 aromatic heterocycles. The Morgan fingerprint density at radius 1 is 1.40 bits per heavy atom. The first-order valence-corrected chi connectivity index (χ1v) is 5.26. The Kier molecular flexibility index (Phi) is 4.02. The van der Waals surface area contributed by atoms with Crippen LogP contribution in [0.3, 0.4) is 0 Å². The highest BCUT2D eigenvalue weighted by atomic mass is 19.3. The van der Waals surface area contributed by atoms with E-state index in [0.717, 1.165) is 0 Å². The number of nitrogens with zero attached hydrogens (tertiary/aromatic N) is 2. The van der Waals surface area contributed by atoms with E-state index >= 15 is 0 Å². The van der Waals surface area contributed by atoms with Crippen LogP contribution in [-0.4, -0.2) is 53.9 Å². The van der Waals surface area contributed by atoms with Crippen molar-refractivity contribution in [2.24, 2.45) is 0 Å². The molecule has 1 fully saturated rings. The molecule has 0 spiro atoms.